The topological polar surface area (TPSA) is 92.1 Å². The molecule has 0 saturated carbocycles. The average Bonchev–Trinajstić information content (AvgIpc) is 3.27. The van der Waals surface area contributed by atoms with E-state index in [0.29, 0.717) is 11.5 Å². The molecule has 3 aromatic heterocycles. The second kappa shape index (κ2) is 6.81. The molecule has 1 atom stereocenters. The molecule has 7 nitrogen and oxygen atoms in total. The van der Waals surface area contributed by atoms with Crippen LogP contribution in [0.15, 0.2) is 53.6 Å². The number of amides is 2. The molecule has 3 aromatic rings. The summed E-state index contributed by atoms with van der Waals surface area (Å²) in [5, 5.41) is 23.5. The highest BCUT2D eigenvalue weighted by Crippen LogP contribution is 2.22. The lowest BCUT2D eigenvalue weighted by atomic mass is 9.99. The minimum absolute atomic E-state index is 0.106. The molecule has 124 valence electrons. The third kappa shape index (κ3) is 3.79. The summed E-state index contributed by atoms with van der Waals surface area (Å²) in [4.78, 5) is 16.2. The summed E-state index contributed by atoms with van der Waals surface area (Å²) < 4.78 is 1.63. The third-order valence-electron chi connectivity index (χ3n) is 3.48. The molecule has 0 aliphatic rings. The smallest absolute Gasteiger partial charge is 0.319 e. The van der Waals surface area contributed by atoms with Crippen LogP contribution in [0.1, 0.15) is 12.5 Å². The number of anilines is 1. The minimum atomic E-state index is -1.11. The van der Waals surface area contributed by atoms with E-state index in [1.54, 1.807) is 48.4 Å². The van der Waals surface area contributed by atoms with Crippen LogP contribution < -0.4 is 10.6 Å². The predicted octanol–water partition coefficient (Wildman–Crippen LogP) is 2.36. The summed E-state index contributed by atoms with van der Waals surface area (Å²) in [6.45, 7) is 1.77. The standard InChI is InChI=1S/C16H17N5O2S/c1-16(23,12-5-8-24-10-12)11-18-15(22)20-13-3-4-14(17-9-13)21-7-2-6-19-21/h2-10,23H,11H2,1H3,(H2,18,20,22)/t16-/m0/s1. The molecule has 3 rings (SSSR count). The van der Waals surface area contributed by atoms with Crippen molar-refractivity contribution in [1.29, 1.82) is 0 Å². The maximum absolute atomic E-state index is 12.0. The fourth-order valence-electron chi connectivity index (χ4n) is 2.10. The average molecular weight is 343 g/mol. The SMILES string of the molecule is C[C@](O)(CNC(=O)Nc1ccc(-n2cccn2)nc1)c1ccsc1. The number of rotatable bonds is 5. The number of pyridine rings is 1. The van der Waals surface area contributed by atoms with E-state index in [1.807, 2.05) is 16.8 Å². The molecule has 2 amide bonds. The van der Waals surface area contributed by atoms with Crippen LogP contribution in [-0.4, -0.2) is 32.4 Å². The van der Waals surface area contributed by atoms with E-state index in [0.717, 1.165) is 5.56 Å². The van der Waals surface area contributed by atoms with E-state index in [2.05, 4.69) is 20.7 Å². The second-order valence-corrected chi connectivity index (χ2v) is 6.23. The van der Waals surface area contributed by atoms with Crippen LogP contribution >= 0.6 is 11.3 Å². The summed E-state index contributed by atoms with van der Waals surface area (Å²) in [6, 6.07) is 6.73. The molecule has 0 saturated heterocycles. The van der Waals surface area contributed by atoms with Crippen molar-refractivity contribution in [1.82, 2.24) is 20.1 Å². The molecule has 3 heterocycles. The van der Waals surface area contributed by atoms with Crippen LogP contribution in [0, 0.1) is 0 Å². The summed E-state index contributed by atoms with van der Waals surface area (Å²) in [6.07, 6.45) is 5.00. The van der Waals surface area contributed by atoms with Gasteiger partial charge in [0.25, 0.3) is 0 Å². The molecule has 0 spiro atoms. The molecular formula is C16H17N5O2S. The highest BCUT2D eigenvalue weighted by Gasteiger charge is 2.24. The molecule has 0 aliphatic heterocycles. The van der Waals surface area contributed by atoms with Crippen LogP contribution in [0.5, 0.6) is 0 Å². The van der Waals surface area contributed by atoms with Crippen LogP contribution in [0.4, 0.5) is 10.5 Å². The van der Waals surface area contributed by atoms with Crippen molar-refractivity contribution >= 4 is 23.1 Å². The van der Waals surface area contributed by atoms with E-state index < -0.39 is 11.6 Å². The van der Waals surface area contributed by atoms with Gasteiger partial charge in [0.05, 0.1) is 18.4 Å². The Morgan fingerprint density at radius 3 is 2.92 bits per heavy atom. The first kappa shape index (κ1) is 16.2. The predicted molar refractivity (Wildman–Crippen MR) is 92.3 cm³/mol. The van der Waals surface area contributed by atoms with Crippen molar-refractivity contribution < 1.29 is 9.90 Å². The first-order valence-corrected chi connectivity index (χ1v) is 8.25. The number of nitrogens with zero attached hydrogens (tertiary/aromatic N) is 3. The molecule has 0 radical (unpaired) electrons. The second-order valence-electron chi connectivity index (χ2n) is 5.45. The van der Waals surface area contributed by atoms with Gasteiger partial charge in [0.1, 0.15) is 5.60 Å². The van der Waals surface area contributed by atoms with E-state index in [4.69, 9.17) is 0 Å². The largest absolute Gasteiger partial charge is 0.384 e. The Morgan fingerprint density at radius 2 is 2.29 bits per heavy atom. The zero-order valence-corrected chi connectivity index (χ0v) is 13.8. The van der Waals surface area contributed by atoms with Gasteiger partial charge in [-0.05, 0) is 47.5 Å². The van der Waals surface area contributed by atoms with Crippen molar-refractivity contribution in [2.45, 2.75) is 12.5 Å². The van der Waals surface area contributed by atoms with Crippen molar-refractivity contribution in [2.24, 2.45) is 0 Å². The van der Waals surface area contributed by atoms with E-state index in [1.165, 1.54) is 11.3 Å². The van der Waals surface area contributed by atoms with Crippen LogP contribution in [-0.2, 0) is 5.60 Å². The van der Waals surface area contributed by atoms with Gasteiger partial charge in [0, 0.05) is 12.4 Å². The van der Waals surface area contributed by atoms with E-state index in [-0.39, 0.29) is 6.54 Å². The van der Waals surface area contributed by atoms with Gasteiger partial charge in [-0.25, -0.2) is 14.5 Å². The number of aliphatic hydroxyl groups is 1. The lowest BCUT2D eigenvalue weighted by Crippen LogP contribution is -2.40. The molecule has 3 N–H and O–H groups in total. The monoisotopic (exact) mass is 343 g/mol. The Bertz CT molecular complexity index is 783. The van der Waals surface area contributed by atoms with Crippen molar-refractivity contribution in [3.05, 3.63) is 59.2 Å². The van der Waals surface area contributed by atoms with Gasteiger partial charge in [0.15, 0.2) is 5.82 Å². The van der Waals surface area contributed by atoms with Crippen LogP contribution in [0.3, 0.4) is 0 Å². The molecule has 24 heavy (non-hydrogen) atoms. The van der Waals surface area contributed by atoms with Gasteiger partial charge >= 0.3 is 6.03 Å². The number of hydrogen-bond acceptors (Lipinski definition) is 5. The fraction of sp³-hybridized carbons (Fsp3) is 0.188. The van der Waals surface area contributed by atoms with Crippen molar-refractivity contribution in [3.63, 3.8) is 0 Å². The van der Waals surface area contributed by atoms with E-state index >= 15 is 0 Å². The number of thiophene rings is 1. The van der Waals surface area contributed by atoms with Gasteiger partial charge in [-0.15, -0.1) is 0 Å². The summed E-state index contributed by atoms with van der Waals surface area (Å²) in [7, 11) is 0. The minimum Gasteiger partial charge on any atom is -0.384 e. The molecule has 0 fully saturated rings. The molecule has 8 heteroatoms. The number of hydrogen-bond donors (Lipinski definition) is 3. The summed E-state index contributed by atoms with van der Waals surface area (Å²) in [5.74, 6) is 0.659. The third-order valence-corrected chi connectivity index (χ3v) is 4.16. The molecule has 0 aliphatic carbocycles. The molecule has 0 aromatic carbocycles. The summed E-state index contributed by atoms with van der Waals surface area (Å²) in [5.41, 5.74) is 0.219. The Hall–Kier alpha value is -2.71. The number of carbonyl (C=O) groups is 1. The fourth-order valence-corrected chi connectivity index (χ4v) is 2.88. The van der Waals surface area contributed by atoms with Gasteiger partial charge in [-0.3, -0.25) is 0 Å². The van der Waals surface area contributed by atoms with Gasteiger partial charge < -0.3 is 15.7 Å². The Balaban J connectivity index is 1.55. The van der Waals surface area contributed by atoms with Crippen molar-refractivity contribution in [2.75, 3.05) is 11.9 Å². The number of urea groups is 1. The molecule has 0 unspecified atom stereocenters. The zero-order valence-electron chi connectivity index (χ0n) is 13.0. The van der Waals surface area contributed by atoms with Gasteiger partial charge in [-0.1, -0.05) is 0 Å². The Labute approximate surface area is 143 Å². The first-order chi connectivity index (χ1) is 11.5. The molecular weight excluding hydrogens is 326 g/mol. The number of carbonyl (C=O) groups excluding carboxylic acids is 1. The van der Waals surface area contributed by atoms with Crippen LogP contribution in [0.25, 0.3) is 5.82 Å². The van der Waals surface area contributed by atoms with Crippen molar-refractivity contribution in [3.8, 4) is 5.82 Å². The number of aromatic nitrogens is 3. The Morgan fingerprint density at radius 1 is 1.42 bits per heavy atom. The van der Waals surface area contributed by atoms with E-state index in [9.17, 15) is 9.90 Å². The normalized spacial score (nSPS) is 13.2. The maximum Gasteiger partial charge on any atom is 0.319 e. The lowest BCUT2D eigenvalue weighted by molar-refractivity contribution is 0.0604. The molecule has 0 bridgehead atoms. The quantitative estimate of drug-likeness (QED) is 0.663. The van der Waals surface area contributed by atoms with Gasteiger partial charge in [-0.2, -0.15) is 16.4 Å². The van der Waals surface area contributed by atoms with Gasteiger partial charge in [0.2, 0.25) is 0 Å². The highest BCUT2D eigenvalue weighted by molar-refractivity contribution is 7.08. The highest BCUT2D eigenvalue weighted by atomic mass is 32.1. The van der Waals surface area contributed by atoms with Crippen LogP contribution in [0.2, 0.25) is 0 Å². The first-order valence-electron chi connectivity index (χ1n) is 7.30. The Kier molecular flexibility index (Phi) is 4.59. The maximum atomic E-state index is 12.0. The summed E-state index contributed by atoms with van der Waals surface area (Å²) >= 11 is 1.50. The zero-order chi connectivity index (χ0) is 17.0. The lowest BCUT2D eigenvalue weighted by Gasteiger charge is -2.22. The number of nitrogens with one attached hydrogen (secondary N) is 2.